The first-order chi connectivity index (χ1) is 17.0. The lowest BCUT2D eigenvalue weighted by Gasteiger charge is -2.08. The lowest BCUT2D eigenvalue weighted by molar-refractivity contribution is -0.733. The topological polar surface area (TPSA) is 80.1 Å². The second kappa shape index (κ2) is 11.3. The quantitative estimate of drug-likeness (QED) is 0.228. The van der Waals surface area contributed by atoms with Crippen molar-refractivity contribution in [3.8, 4) is 16.9 Å². The smallest absolute Gasteiger partial charge is 0.383 e. The van der Waals surface area contributed by atoms with E-state index in [1.165, 1.54) is 0 Å². The Kier molecular flexibility index (Phi) is 7.90. The molecule has 35 heavy (non-hydrogen) atoms. The van der Waals surface area contributed by atoms with Gasteiger partial charge in [-0.3, -0.25) is 5.32 Å². The van der Waals surface area contributed by atoms with Crippen LogP contribution in [0.2, 0.25) is 10.0 Å². The number of aromatic nitrogens is 3. The molecule has 4 rings (SSSR count). The van der Waals surface area contributed by atoms with Crippen molar-refractivity contribution in [1.29, 1.82) is 0 Å². The summed E-state index contributed by atoms with van der Waals surface area (Å²) < 4.78 is 12.2. The van der Waals surface area contributed by atoms with Crippen molar-refractivity contribution in [3.63, 3.8) is 0 Å². The van der Waals surface area contributed by atoms with Crippen LogP contribution in [-0.4, -0.2) is 30.0 Å². The largest absolute Gasteiger partial charge is 0.497 e. The molecule has 0 unspecified atom stereocenters. The highest BCUT2D eigenvalue weighted by atomic mass is 35.5. The number of hydrogen-bond donors (Lipinski definition) is 2. The van der Waals surface area contributed by atoms with Crippen LogP contribution in [0.25, 0.3) is 11.1 Å². The van der Waals surface area contributed by atoms with Crippen LogP contribution in [0.4, 0.5) is 5.82 Å². The Morgan fingerprint density at radius 1 is 1.00 bits per heavy atom. The maximum Gasteiger partial charge on any atom is 0.383 e. The molecule has 1 aromatic heterocycles. The Balaban J connectivity index is 1.58. The lowest BCUT2D eigenvalue weighted by Crippen LogP contribution is -2.39. The second-order valence-corrected chi connectivity index (χ2v) is 8.56. The van der Waals surface area contributed by atoms with Crippen molar-refractivity contribution in [2.75, 3.05) is 19.0 Å². The third-order valence-electron chi connectivity index (χ3n) is 5.39. The van der Waals surface area contributed by atoms with Gasteiger partial charge in [-0.15, -0.1) is 5.21 Å². The third kappa shape index (κ3) is 5.93. The summed E-state index contributed by atoms with van der Waals surface area (Å²) in [7, 11) is 1.63. The molecule has 0 aliphatic carbocycles. The zero-order valence-corrected chi connectivity index (χ0v) is 20.9. The fourth-order valence-corrected chi connectivity index (χ4v) is 3.91. The van der Waals surface area contributed by atoms with Crippen LogP contribution in [0.15, 0.2) is 66.7 Å². The average Bonchev–Trinajstić information content (AvgIpc) is 3.27. The van der Waals surface area contributed by atoms with Gasteiger partial charge in [0, 0.05) is 0 Å². The first-order valence-electron chi connectivity index (χ1n) is 11.0. The van der Waals surface area contributed by atoms with E-state index >= 15 is 0 Å². The Hall–Kier alpha value is -3.55. The number of rotatable bonds is 9. The van der Waals surface area contributed by atoms with Gasteiger partial charge >= 0.3 is 11.7 Å². The Morgan fingerprint density at radius 2 is 1.77 bits per heavy atom. The molecule has 4 aromatic rings. The molecule has 0 saturated heterocycles. The van der Waals surface area contributed by atoms with Gasteiger partial charge in [0.05, 0.1) is 30.3 Å². The van der Waals surface area contributed by atoms with E-state index in [2.05, 4.69) is 21.7 Å². The minimum absolute atomic E-state index is 0.195. The number of halogens is 2. The van der Waals surface area contributed by atoms with Gasteiger partial charge in [0.1, 0.15) is 12.3 Å². The summed E-state index contributed by atoms with van der Waals surface area (Å²) in [5.41, 5.74) is 4.19. The fourth-order valence-electron chi connectivity index (χ4n) is 3.61. The minimum Gasteiger partial charge on any atom is -0.497 e. The normalized spacial score (nSPS) is 10.7. The molecule has 0 atom stereocenters. The molecular weight excluding hydrogens is 487 g/mol. The molecule has 2 N–H and O–H groups in total. The summed E-state index contributed by atoms with van der Waals surface area (Å²) in [6.07, 6.45) is 0. The van der Waals surface area contributed by atoms with Gasteiger partial charge in [0.25, 0.3) is 5.82 Å². The van der Waals surface area contributed by atoms with Gasteiger partial charge in [-0.25, -0.2) is 4.79 Å². The summed E-state index contributed by atoms with van der Waals surface area (Å²) in [6, 6.07) is 21.3. The average molecular weight is 512 g/mol. The van der Waals surface area contributed by atoms with Crippen LogP contribution in [-0.2, 0) is 17.8 Å². The maximum absolute atomic E-state index is 12.5. The number of carbonyl (C=O) groups excluding carboxylic acids is 1. The van der Waals surface area contributed by atoms with Gasteiger partial charge in [0.15, 0.2) is 0 Å². The van der Waals surface area contributed by atoms with Crippen molar-refractivity contribution < 1.29 is 19.0 Å². The van der Waals surface area contributed by atoms with E-state index < -0.39 is 5.97 Å². The molecule has 0 bridgehead atoms. The van der Waals surface area contributed by atoms with Crippen LogP contribution < -0.4 is 14.7 Å². The summed E-state index contributed by atoms with van der Waals surface area (Å²) >= 11 is 12.3. The van der Waals surface area contributed by atoms with Gasteiger partial charge in [-0.2, -0.15) is 4.68 Å². The summed E-state index contributed by atoms with van der Waals surface area (Å²) in [5.74, 6) is 0.819. The zero-order valence-electron chi connectivity index (χ0n) is 19.3. The summed E-state index contributed by atoms with van der Waals surface area (Å²) in [5, 5.41) is 11.5. The van der Waals surface area contributed by atoms with Crippen LogP contribution in [0.5, 0.6) is 5.75 Å². The summed E-state index contributed by atoms with van der Waals surface area (Å²) in [6.45, 7) is 2.96. The van der Waals surface area contributed by atoms with E-state index in [0.29, 0.717) is 29.0 Å². The number of methoxy groups -OCH3 is 1. The number of H-pyrrole nitrogens is 1. The molecule has 0 saturated carbocycles. The molecule has 0 aliphatic heterocycles. The van der Waals surface area contributed by atoms with E-state index in [4.69, 9.17) is 32.7 Å². The lowest BCUT2D eigenvalue weighted by atomic mass is 10.0. The number of anilines is 1. The number of nitrogens with zero attached hydrogens (tertiary/aromatic N) is 2. The van der Waals surface area contributed by atoms with Gasteiger partial charge in [-0.05, 0) is 64.6 Å². The molecule has 0 aliphatic rings. The monoisotopic (exact) mass is 511 g/mol. The first-order valence-corrected chi connectivity index (χ1v) is 11.8. The molecule has 7 nitrogen and oxygen atoms in total. The van der Waals surface area contributed by atoms with E-state index in [1.54, 1.807) is 24.8 Å². The molecule has 0 amide bonds. The van der Waals surface area contributed by atoms with Gasteiger partial charge in [0.2, 0.25) is 0 Å². The predicted molar refractivity (Wildman–Crippen MR) is 136 cm³/mol. The Bertz CT molecular complexity index is 1320. The third-order valence-corrected chi connectivity index (χ3v) is 6.12. The number of esters is 1. The molecule has 3 aromatic carbocycles. The van der Waals surface area contributed by atoms with E-state index in [-0.39, 0.29) is 12.3 Å². The molecular formula is C26H25Cl2N4O3+. The first kappa shape index (κ1) is 24.6. The standard InChI is InChI=1S/C26H24Cl2N4O3/c1-3-35-26(33)24-25(32(31-30-24)16-17-7-10-21(34-2)11-8-17)29-15-18-5-4-6-19(13-18)20-9-12-22(27)23(28)14-20/h4-14H,3,15-16H2,1-2H3,(H,29,31,33)/p+1. The Morgan fingerprint density at radius 3 is 2.49 bits per heavy atom. The SMILES string of the molecule is CCOC(=O)c1n[nH][n+](Cc2ccc(OC)cc2)c1NCc1cccc(-c2ccc(Cl)c(Cl)c2)c1. The molecule has 1 heterocycles. The van der Waals surface area contributed by atoms with Crippen LogP contribution >= 0.6 is 23.2 Å². The van der Waals surface area contributed by atoms with Crippen LogP contribution in [0, 0.1) is 0 Å². The fraction of sp³-hybridized carbons (Fsp3) is 0.192. The highest BCUT2D eigenvalue weighted by molar-refractivity contribution is 6.42. The number of aromatic amines is 1. The Labute approximate surface area is 213 Å². The summed E-state index contributed by atoms with van der Waals surface area (Å²) in [4.78, 5) is 12.5. The van der Waals surface area contributed by atoms with E-state index in [0.717, 1.165) is 28.0 Å². The number of hydrogen-bond acceptors (Lipinski definition) is 5. The predicted octanol–water partition coefficient (Wildman–Crippen LogP) is 5.52. The van der Waals surface area contributed by atoms with Gasteiger partial charge < -0.3 is 9.47 Å². The van der Waals surface area contributed by atoms with Gasteiger partial charge in [-0.1, -0.05) is 59.6 Å². The van der Waals surface area contributed by atoms with Crippen molar-refractivity contribution in [1.82, 2.24) is 10.3 Å². The van der Waals surface area contributed by atoms with E-state index in [1.807, 2.05) is 54.6 Å². The second-order valence-electron chi connectivity index (χ2n) is 7.75. The maximum atomic E-state index is 12.5. The van der Waals surface area contributed by atoms with Crippen molar-refractivity contribution in [3.05, 3.63) is 93.6 Å². The minimum atomic E-state index is -0.496. The molecule has 0 radical (unpaired) electrons. The molecule has 9 heteroatoms. The number of ether oxygens (including phenoxy) is 2. The van der Waals surface area contributed by atoms with Crippen LogP contribution in [0.3, 0.4) is 0 Å². The molecule has 0 fully saturated rings. The zero-order chi connectivity index (χ0) is 24.8. The number of nitrogens with one attached hydrogen (secondary N) is 2. The van der Waals surface area contributed by atoms with Crippen LogP contribution in [0.1, 0.15) is 28.5 Å². The highest BCUT2D eigenvalue weighted by Crippen LogP contribution is 2.29. The van der Waals surface area contributed by atoms with Crippen molar-refractivity contribution >= 4 is 35.0 Å². The van der Waals surface area contributed by atoms with E-state index in [9.17, 15) is 4.79 Å². The number of benzene rings is 3. The molecule has 0 spiro atoms. The highest BCUT2D eigenvalue weighted by Gasteiger charge is 2.28. The van der Waals surface area contributed by atoms with Crippen molar-refractivity contribution in [2.45, 2.75) is 20.0 Å². The number of carbonyl (C=O) groups is 1. The molecule has 180 valence electrons. The van der Waals surface area contributed by atoms with Crippen molar-refractivity contribution in [2.24, 2.45) is 0 Å².